The number of amides is 1. The molecule has 4 nitrogen and oxygen atoms in total. The van der Waals surface area contributed by atoms with E-state index in [1.54, 1.807) is 23.1 Å². The standard InChI is InChI=1S/C19H20Cl2N2O2/c1-17-11-23(19(10-22)8-12(17)5-6-18(17,19)2)16(24)9-25-15-4-3-13(20)7-14(15)21/h3-4,7,12H,5-6,8-9,11H2,1-2H3/t12-,17-,18+,19-/m0/s1. The van der Waals surface area contributed by atoms with Crippen LogP contribution in [0.2, 0.25) is 10.0 Å². The molecule has 6 heteroatoms. The summed E-state index contributed by atoms with van der Waals surface area (Å²) < 4.78 is 5.62. The monoisotopic (exact) mass is 378 g/mol. The van der Waals surface area contributed by atoms with Crippen molar-refractivity contribution < 1.29 is 9.53 Å². The molecule has 1 saturated heterocycles. The number of nitrogens with zero attached hydrogens (tertiary/aromatic N) is 2. The van der Waals surface area contributed by atoms with Crippen LogP contribution in [-0.4, -0.2) is 29.5 Å². The predicted octanol–water partition coefficient (Wildman–Crippen LogP) is 4.30. The van der Waals surface area contributed by atoms with Crippen molar-refractivity contribution >= 4 is 29.1 Å². The van der Waals surface area contributed by atoms with E-state index in [2.05, 4.69) is 19.9 Å². The molecule has 3 fully saturated rings. The number of nitriles is 1. The van der Waals surface area contributed by atoms with Gasteiger partial charge in [0.1, 0.15) is 11.3 Å². The zero-order chi connectivity index (χ0) is 18.0. The van der Waals surface area contributed by atoms with Gasteiger partial charge in [-0.3, -0.25) is 4.79 Å². The topological polar surface area (TPSA) is 53.3 Å². The van der Waals surface area contributed by atoms with Crippen LogP contribution in [0, 0.1) is 28.1 Å². The Bertz CT molecular complexity index is 807. The van der Waals surface area contributed by atoms with Gasteiger partial charge in [0.25, 0.3) is 5.91 Å². The smallest absolute Gasteiger partial charge is 0.261 e. The molecule has 2 saturated carbocycles. The molecule has 4 bridgehead atoms. The van der Waals surface area contributed by atoms with E-state index in [1.165, 1.54) is 0 Å². The summed E-state index contributed by atoms with van der Waals surface area (Å²) in [7, 11) is 0. The molecule has 0 N–H and O–H groups in total. The van der Waals surface area contributed by atoms with E-state index < -0.39 is 5.54 Å². The number of halogens is 2. The molecule has 132 valence electrons. The van der Waals surface area contributed by atoms with E-state index >= 15 is 0 Å². The average Bonchev–Trinajstić information content (AvgIpc) is 3.02. The quantitative estimate of drug-likeness (QED) is 0.787. The summed E-state index contributed by atoms with van der Waals surface area (Å²) in [4.78, 5) is 14.7. The maximum absolute atomic E-state index is 12.9. The van der Waals surface area contributed by atoms with Crippen molar-refractivity contribution in [3.8, 4) is 11.8 Å². The number of rotatable bonds is 3. The minimum absolute atomic E-state index is 0.0241. The summed E-state index contributed by atoms with van der Waals surface area (Å²) in [6, 6.07) is 7.42. The summed E-state index contributed by atoms with van der Waals surface area (Å²) in [6.07, 6.45) is 2.95. The SMILES string of the molecule is C[C@]12CC[C@H]3C[C@@]1(C#N)N(C(=O)COc1ccc(Cl)cc1Cl)C[C@@]32C. The highest BCUT2D eigenvalue weighted by Gasteiger charge is 2.78. The Morgan fingerprint density at radius 1 is 1.44 bits per heavy atom. The molecular weight excluding hydrogens is 359 g/mol. The molecule has 1 aromatic rings. The van der Waals surface area contributed by atoms with Crippen LogP contribution in [-0.2, 0) is 4.79 Å². The van der Waals surface area contributed by atoms with E-state index in [0.717, 1.165) is 19.3 Å². The summed E-state index contributed by atoms with van der Waals surface area (Å²) in [5.41, 5.74) is -0.807. The summed E-state index contributed by atoms with van der Waals surface area (Å²) in [6.45, 7) is 4.95. The molecule has 4 rings (SSSR count). The molecule has 1 aliphatic heterocycles. The predicted molar refractivity (Wildman–Crippen MR) is 95.6 cm³/mol. The summed E-state index contributed by atoms with van der Waals surface area (Å²) >= 11 is 12.0. The first-order valence-corrected chi connectivity index (χ1v) is 9.33. The van der Waals surface area contributed by atoms with E-state index in [-0.39, 0.29) is 23.3 Å². The van der Waals surface area contributed by atoms with Gasteiger partial charge >= 0.3 is 0 Å². The molecule has 3 aliphatic rings. The second-order valence-electron chi connectivity index (χ2n) is 8.00. The van der Waals surface area contributed by atoms with Crippen molar-refractivity contribution in [1.82, 2.24) is 4.90 Å². The van der Waals surface area contributed by atoms with Crippen molar-refractivity contribution in [2.75, 3.05) is 13.2 Å². The van der Waals surface area contributed by atoms with Gasteiger partial charge in [-0.1, -0.05) is 37.0 Å². The third-order valence-electron chi connectivity index (χ3n) is 7.29. The Morgan fingerprint density at radius 3 is 2.84 bits per heavy atom. The van der Waals surface area contributed by atoms with E-state index in [9.17, 15) is 10.1 Å². The Kier molecular flexibility index (Phi) is 3.59. The average molecular weight is 379 g/mol. The lowest BCUT2D eigenvalue weighted by atomic mass is 9.66. The van der Waals surface area contributed by atoms with Gasteiger partial charge in [-0.15, -0.1) is 0 Å². The largest absolute Gasteiger partial charge is 0.482 e. The molecule has 1 aromatic carbocycles. The number of carbonyl (C=O) groups excluding carboxylic acids is 1. The third kappa shape index (κ3) is 1.97. The molecule has 1 heterocycles. The number of piperidine rings is 1. The van der Waals surface area contributed by atoms with Gasteiger partial charge in [-0.25, -0.2) is 0 Å². The lowest BCUT2D eigenvalue weighted by Gasteiger charge is -2.43. The first-order valence-electron chi connectivity index (χ1n) is 8.57. The van der Waals surface area contributed by atoms with Crippen molar-refractivity contribution in [3.05, 3.63) is 28.2 Å². The van der Waals surface area contributed by atoms with Crippen LogP contribution in [0.25, 0.3) is 0 Å². The second kappa shape index (κ2) is 5.28. The molecule has 1 amide bonds. The molecule has 2 aliphatic carbocycles. The first kappa shape index (κ1) is 17.0. The number of ether oxygens (including phenoxy) is 1. The van der Waals surface area contributed by atoms with E-state index in [1.807, 2.05) is 0 Å². The molecule has 0 unspecified atom stereocenters. The highest BCUT2D eigenvalue weighted by atomic mass is 35.5. The first-order chi connectivity index (χ1) is 11.8. The molecule has 4 atom stereocenters. The zero-order valence-corrected chi connectivity index (χ0v) is 15.8. The number of hydrogen-bond acceptors (Lipinski definition) is 3. The van der Waals surface area contributed by atoms with Crippen molar-refractivity contribution in [2.45, 2.75) is 38.6 Å². The highest BCUT2D eigenvalue weighted by molar-refractivity contribution is 6.35. The lowest BCUT2D eigenvalue weighted by molar-refractivity contribution is -0.139. The Labute approximate surface area is 157 Å². The Morgan fingerprint density at radius 2 is 2.20 bits per heavy atom. The molecular formula is C19H20Cl2N2O2. The van der Waals surface area contributed by atoms with Gasteiger partial charge in [0.15, 0.2) is 6.61 Å². The number of likely N-dealkylation sites (tertiary alicyclic amines) is 1. The fourth-order valence-corrected chi connectivity index (χ4v) is 6.08. The van der Waals surface area contributed by atoms with Crippen LogP contribution in [0.3, 0.4) is 0 Å². The van der Waals surface area contributed by atoms with Crippen molar-refractivity contribution in [3.63, 3.8) is 0 Å². The van der Waals surface area contributed by atoms with Crippen LogP contribution >= 0.6 is 23.2 Å². The van der Waals surface area contributed by atoms with Crippen LogP contribution in [0.15, 0.2) is 18.2 Å². The fourth-order valence-electron chi connectivity index (χ4n) is 5.62. The Hall–Kier alpha value is -1.44. The second-order valence-corrected chi connectivity index (χ2v) is 8.85. The zero-order valence-electron chi connectivity index (χ0n) is 14.3. The van der Waals surface area contributed by atoms with E-state index in [0.29, 0.717) is 28.3 Å². The maximum Gasteiger partial charge on any atom is 0.261 e. The van der Waals surface area contributed by atoms with Gasteiger partial charge in [0, 0.05) is 17.0 Å². The lowest BCUT2D eigenvalue weighted by Crippen LogP contribution is -2.55. The highest BCUT2D eigenvalue weighted by Crippen LogP contribution is 2.75. The van der Waals surface area contributed by atoms with Crippen LogP contribution in [0.5, 0.6) is 5.75 Å². The van der Waals surface area contributed by atoms with Gasteiger partial charge in [-0.05, 0) is 48.8 Å². The summed E-state index contributed by atoms with van der Waals surface area (Å²) in [5, 5.41) is 10.9. The van der Waals surface area contributed by atoms with Crippen LogP contribution < -0.4 is 4.74 Å². The van der Waals surface area contributed by atoms with Crippen molar-refractivity contribution in [1.29, 1.82) is 5.26 Å². The van der Waals surface area contributed by atoms with E-state index in [4.69, 9.17) is 27.9 Å². The number of hydrogen-bond donors (Lipinski definition) is 0. The minimum atomic E-state index is -0.700. The number of benzene rings is 1. The molecule has 25 heavy (non-hydrogen) atoms. The number of carbonyl (C=O) groups is 1. The third-order valence-corrected chi connectivity index (χ3v) is 7.82. The molecule has 0 aromatic heterocycles. The normalized spacial score (nSPS) is 38.0. The molecule has 0 spiro atoms. The summed E-state index contributed by atoms with van der Waals surface area (Å²) in [5.74, 6) is 0.810. The van der Waals surface area contributed by atoms with Gasteiger partial charge in [-0.2, -0.15) is 5.26 Å². The maximum atomic E-state index is 12.9. The van der Waals surface area contributed by atoms with Gasteiger partial charge in [0.2, 0.25) is 0 Å². The van der Waals surface area contributed by atoms with Crippen LogP contribution in [0.4, 0.5) is 0 Å². The Balaban J connectivity index is 1.55. The van der Waals surface area contributed by atoms with Gasteiger partial charge in [0.05, 0.1) is 11.1 Å². The van der Waals surface area contributed by atoms with Crippen LogP contribution in [0.1, 0.15) is 33.1 Å². The van der Waals surface area contributed by atoms with Gasteiger partial charge < -0.3 is 9.64 Å². The molecule has 0 radical (unpaired) electrons. The van der Waals surface area contributed by atoms with Crippen molar-refractivity contribution in [2.24, 2.45) is 16.7 Å². The fraction of sp³-hybridized carbons (Fsp3) is 0.579. The minimum Gasteiger partial charge on any atom is -0.482 e.